The first-order chi connectivity index (χ1) is 6.38. The molecule has 2 rings (SSSR count). The van der Waals surface area contributed by atoms with Crippen LogP contribution in [0.1, 0.15) is 6.42 Å². The number of amides is 1. The van der Waals surface area contributed by atoms with Gasteiger partial charge in [-0.05, 0) is 6.42 Å². The van der Waals surface area contributed by atoms with Crippen LogP contribution in [0, 0.1) is 0 Å². The number of nitrogens with zero attached hydrogens (tertiary/aromatic N) is 4. The number of imidazole rings is 1. The van der Waals surface area contributed by atoms with Gasteiger partial charge >= 0.3 is 6.03 Å². The summed E-state index contributed by atoms with van der Waals surface area (Å²) in [6, 6.07) is -0.0963. The van der Waals surface area contributed by atoms with E-state index in [4.69, 9.17) is 0 Å². The smallest absolute Gasteiger partial charge is 0.284 e. The summed E-state index contributed by atoms with van der Waals surface area (Å²) < 4.78 is 1.44. The minimum atomic E-state index is -0.0963. The third kappa shape index (κ3) is 1.58. The van der Waals surface area contributed by atoms with Gasteiger partial charge < -0.3 is 0 Å². The van der Waals surface area contributed by atoms with Crippen LogP contribution >= 0.6 is 0 Å². The van der Waals surface area contributed by atoms with Gasteiger partial charge in [0, 0.05) is 25.5 Å². The minimum absolute atomic E-state index is 0.0963. The molecule has 0 N–H and O–H groups in total. The Kier molecular flexibility index (Phi) is 2.08. The quantitative estimate of drug-likeness (QED) is 0.583. The molecule has 0 radical (unpaired) electrons. The lowest BCUT2D eigenvalue weighted by molar-refractivity contribution is 0.222. The number of aromatic nitrogens is 2. The van der Waals surface area contributed by atoms with Crippen LogP contribution in [0.25, 0.3) is 0 Å². The molecule has 0 fully saturated rings. The first-order valence-corrected chi connectivity index (χ1v) is 4.17. The van der Waals surface area contributed by atoms with Crippen LogP contribution in [0.2, 0.25) is 0 Å². The van der Waals surface area contributed by atoms with Crippen LogP contribution in [-0.2, 0) is 0 Å². The predicted molar refractivity (Wildman–Crippen MR) is 47.7 cm³/mol. The fourth-order valence-electron chi connectivity index (χ4n) is 1.21. The second kappa shape index (κ2) is 3.38. The zero-order valence-corrected chi connectivity index (χ0v) is 7.13. The monoisotopic (exact) mass is 178 g/mol. The maximum absolute atomic E-state index is 11.6. The number of carbonyl (C=O) groups is 1. The Morgan fingerprint density at radius 2 is 2.38 bits per heavy atom. The zero-order chi connectivity index (χ0) is 9.10. The van der Waals surface area contributed by atoms with Crippen molar-refractivity contribution in [2.45, 2.75) is 6.42 Å². The Labute approximate surface area is 75.7 Å². The summed E-state index contributed by atoms with van der Waals surface area (Å²) in [6.45, 7) is 1.55. The average molecular weight is 178 g/mol. The molecule has 68 valence electrons. The minimum Gasteiger partial charge on any atom is -0.284 e. The van der Waals surface area contributed by atoms with Gasteiger partial charge in [-0.1, -0.05) is 0 Å². The summed E-state index contributed by atoms with van der Waals surface area (Å²) in [6.07, 6.45) is 7.22. The third-order valence-corrected chi connectivity index (χ3v) is 1.88. The molecule has 0 atom stereocenters. The maximum Gasteiger partial charge on any atom is 0.334 e. The second-order valence-electron chi connectivity index (χ2n) is 2.82. The van der Waals surface area contributed by atoms with E-state index in [0.29, 0.717) is 0 Å². The first-order valence-electron chi connectivity index (χ1n) is 4.17. The van der Waals surface area contributed by atoms with Gasteiger partial charge in [0.1, 0.15) is 6.33 Å². The third-order valence-electron chi connectivity index (χ3n) is 1.88. The summed E-state index contributed by atoms with van der Waals surface area (Å²) in [7, 11) is 0. The lowest BCUT2D eigenvalue weighted by Gasteiger charge is -2.19. The van der Waals surface area contributed by atoms with Crippen molar-refractivity contribution in [2.24, 2.45) is 4.99 Å². The number of hydrogen-bond donors (Lipinski definition) is 0. The highest BCUT2D eigenvalue weighted by Crippen LogP contribution is 2.00. The van der Waals surface area contributed by atoms with Crippen molar-refractivity contribution < 1.29 is 4.79 Å². The average Bonchev–Trinajstić information content (AvgIpc) is 2.71. The molecule has 0 bridgehead atoms. The Bertz CT molecular complexity index is 317. The van der Waals surface area contributed by atoms with Crippen LogP contribution in [-0.4, -0.2) is 39.9 Å². The van der Waals surface area contributed by atoms with Crippen LogP contribution in [0.3, 0.4) is 0 Å². The molecule has 2 heterocycles. The van der Waals surface area contributed by atoms with Gasteiger partial charge in [0.15, 0.2) is 0 Å². The molecule has 1 amide bonds. The van der Waals surface area contributed by atoms with Crippen molar-refractivity contribution in [3.8, 4) is 0 Å². The first kappa shape index (κ1) is 7.97. The second-order valence-corrected chi connectivity index (χ2v) is 2.82. The Balaban J connectivity index is 2.13. The molecule has 5 nitrogen and oxygen atoms in total. The van der Waals surface area contributed by atoms with Gasteiger partial charge in [-0.2, -0.15) is 0 Å². The molecular formula is C8H10N4O. The summed E-state index contributed by atoms with van der Waals surface area (Å²) in [4.78, 5) is 21.1. The Morgan fingerprint density at radius 3 is 3.00 bits per heavy atom. The molecule has 1 aliphatic rings. The highest BCUT2D eigenvalue weighted by Gasteiger charge is 2.14. The Morgan fingerprint density at radius 1 is 1.46 bits per heavy atom. The number of rotatable bonds is 0. The van der Waals surface area contributed by atoms with E-state index in [-0.39, 0.29) is 6.03 Å². The van der Waals surface area contributed by atoms with E-state index < -0.39 is 0 Å². The molecule has 5 heteroatoms. The topological polar surface area (TPSA) is 50.5 Å². The highest BCUT2D eigenvalue weighted by atomic mass is 16.2. The molecule has 1 aromatic heterocycles. The van der Waals surface area contributed by atoms with E-state index in [1.54, 1.807) is 23.6 Å². The summed E-state index contributed by atoms with van der Waals surface area (Å²) in [5, 5.41) is 0. The lowest BCUT2D eigenvalue weighted by Crippen LogP contribution is -2.36. The fraction of sp³-hybridized carbons (Fsp3) is 0.375. The van der Waals surface area contributed by atoms with E-state index >= 15 is 0 Å². The zero-order valence-electron chi connectivity index (χ0n) is 7.13. The molecular weight excluding hydrogens is 168 g/mol. The van der Waals surface area contributed by atoms with E-state index in [9.17, 15) is 4.79 Å². The van der Waals surface area contributed by atoms with Gasteiger partial charge in [-0.15, -0.1) is 0 Å². The molecule has 1 aromatic rings. The van der Waals surface area contributed by atoms with Crippen LogP contribution in [0.15, 0.2) is 23.7 Å². The molecule has 1 aliphatic heterocycles. The molecule has 0 aliphatic carbocycles. The summed E-state index contributed by atoms with van der Waals surface area (Å²) in [5.74, 6) is 0. The fourth-order valence-corrected chi connectivity index (χ4v) is 1.21. The summed E-state index contributed by atoms with van der Waals surface area (Å²) >= 11 is 0. The molecule has 0 aromatic carbocycles. The van der Waals surface area contributed by atoms with Gasteiger partial charge in [-0.3, -0.25) is 14.5 Å². The van der Waals surface area contributed by atoms with E-state index in [1.165, 1.54) is 10.9 Å². The van der Waals surface area contributed by atoms with Crippen molar-refractivity contribution >= 4 is 12.4 Å². The van der Waals surface area contributed by atoms with Crippen molar-refractivity contribution in [3.05, 3.63) is 18.7 Å². The largest absolute Gasteiger partial charge is 0.334 e. The predicted octanol–water partition coefficient (Wildman–Crippen LogP) is 0.585. The molecule has 13 heavy (non-hydrogen) atoms. The number of carbonyl (C=O) groups excluding carboxylic acids is 1. The van der Waals surface area contributed by atoms with Crippen LogP contribution < -0.4 is 0 Å². The lowest BCUT2D eigenvalue weighted by atomic mass is 10.4. The van der Waals surface area contributed by atoms with Gasteiger partial charge in [0.2, 0.25) is 0 Å². The molecule has 0 unspecified atom stereocenters. The van der Waals surface area contributed by atoms with Crippen LogP contribution in [0.4, 0.5) is 4.79 Å². The molecule has 0 saturated heterocycles. The standard InChI is InChI=1S/C8H10N4O/c13-8(12-5-3-10-7-12)11-4-1-2-9-6-11/h3,5-7H,1-2,4H2. The normalized spacial score (nSPS) is 16.2. The van der Waals surface area contributed by atoms with Crippen LogP contribution in [0.5, 0.6) is 0 Å². The Hall–Kier alpha value is -1.65. The molecule has 0 saturated carbocycles. The van der Waals surface area contributed by atoms with Crippen molar-refractivity contribution in [1.29, 1.82) is 0 Å². The number of aliphatic imine (C=N–C) groups is 1. The van der Waals surface area contributed by atoms with E-state index in [2.05, 4.69) is 9.98 Å². The number of hydrogen-bond acceptors (Lipinski definition) is 3. The van der Waals surface area contributed by atoms with Crippen molar-refractivity contribution in [1.82, 2.24) is 14.5 Å². The highest BCUT2D eigenvalue weighted by molar-refractivity contribution is 5.88. The van der Waals surface area contributed by atoms with Gasteiger partial charge in [-0.25, -0.2) is 9.78 Å². The van der Waals surface area contributed by atoms with Gasteiger partial charge in [0.25, 0.3) is 0 Å². The summed E-state index contributed by atoms with van der Waals surface area (Å²) in [5.41, 5.74) is 0. The van der Waals surface area contributed by atoms with E-state index in [0.717, 1.165) is 19.5 Å². The molecule has 0 spiro atoms. The van der Waals surface area contributed by atoms with Crippen molar-refractivity contribution in [3.63, 3.8) is 0 Å². The van der Waals surface area contributed by atoms with Crippen molar-refractivity contribution in [2.75, 3.05) is 13.1 Å². The van der Waals surface area contributed by atoms with Gasteiger partial charge in [0.05, 0.1) is 6.34 Å². The SMILES string of the molecule is O=C(N1C=NCCC1)n1ccnc1. The van der Waals surface area contributed by atoms with E-state index in [1.807, 2.05) is 0 Å². The maximum atomic E-state index is 11.6.